The van der Waals surface area contributed by atoms with Crippen molar-refractivity contribution in [3.8, 4) is 11.1 Å². The number of hydrogen-bond donors (Lipinski definition) is 2. The fourth-order valence-corrected chi connectivity index (χ4v) is 6.53. The third-order valence-corrected chi connectivity index (χ3v) is 9.25. The summed E-state index contributed by atoms with van der Waals surface area (Å²) in [4.78, 5) is 31.7. The lowest BCUT2D eigenvalue weighted by atomic mass is 9.93. The van der Waals surface area contributed by atoms with Gasteiger partial charge >= 0.3 is 0 Å². The molecule has 6 rings (SSSR count). The summed E-state index contributed by atoms with van der Waals surface area (Å²) in [5.41, 5.74) is 14.5. The maximum Gasteiger partial charge on any atom is 0.257 e. The Morgan fingerprint density at radius 1 is 1.21 bits per heavy atom. The van der Waals surface area contributed by atoms with Crippen LogP contribution in [0.3, 0.4) is 0 Å². The molecule has 0 saturated carbocycles. The van der Waals surface area contributed by atoms with E-state index in [9.17, 15) is 9.18 Å². The fraction of sp³-hybridized carbons (Fsp3) is 0.375. The number of aliphatic imine (C=N–C) groups is 1. The number of carbonyl (C=O) groups excluding carboxylic acids is 1. The second kappa shape index (κ2) is 12.3. The SMILES string of the molecule is CCN1CCN(c2ccc(-c3cc(C)c(C=NC(C(=O)Nc4nccs4)c4ncn5c4C[C@@H](F)C5)c(N)c3C)cc2)CC1. The van der Waals surface area contributed by atoms with Crippen LogP contribution in [-0.2, 0) is 17.8 Å². The number of benzene rings is 2. The molecule has 3 N–H and O–H groups in total. The van der Waals surface area contributed by atoms with Crippen LogP contribution in [0.25, 0.3) is 11.1 Å². The molecule has 4 aromatic rings. The van der Waals surface area contributed by atoms with Crippen molar-refractivity contribution in [2.24, 2.45) is 4.99 Å². The number of anilines is 3. The first kappa shape index (κ1) is 29.0. The topological polar surface area (TPSA) is 105 Å². The first-order valence-electron chi connectivity index (χ1n) is 14.7. The summed E-state index contributed by atoms with van der Waals surface area (Å²) in [6.07, 6.45) is 4.06. The average molecular weight is 601 g/mol. The minimum atomic E-state index is -1.00. The number of hydrogen-bond acceptors (Lipinski definition) is 8. The number of nitrogens with two attached hydrogens (primary N) is 1. The Hall–Kier alpha value is -4.09. The van der Waals surface area contributed by atoms with Crippen molar-refractivity contribution in [2.45, 2.75) is 46.0 Å². The molecule has 0 radical (unpaired) electrons. The second-order valence-electron chi connectivity index (χ2n) is 11.2. The zero-order chi connectivity index (χ0) is 30.1. The number of nitrogens with one attached hydrogen (secondary N) is 1. The van der Waals surface area contributed by atoms with E-state index in [1.165, 1.54) is 17.0 Å². The number of thiazole rings is 1. The molecule has 0 spiro atoms. The largest absolute Gasteiger partial charge is 0.398 e. The standard InChI is InChI=1S/C32H37FN8OS/c1-4-39-10-12-40(13-11-39)24-7-5-22(6-8-24)25-15-20(2)26(28(34)21(25)3)17-36-30(31(42)38-32-35-9-14-43-32)29-27-16-23(33)18-41(27)19-37-29/h5-9,14-15,17,19,23,30H,4,10-13,16,18,34H2,1-3H3,(H,35,38,42)/t23-,30?/m1/s1. The molecule has 224 valence electrons. The van der Waals surface area contributed by atoms with Gasteiger partial charge in [-0.2, -0.15) is 0 Å². The number of rotatable bonds is 8. The van der Waals surface area contributed by atoms with Crippen LogP contribution >= 0.6 is 11.3 Å². The minimum absolute atomic E-state index is 0.203. The zero-order valence-corrected chi connectivity index (χ0v) is 25.6. The van der Waals surface area contributed by atoms with Crippen LogP contribution in [-0.4, -0.2) is 70.5 Å². The molecule has 43 heavy (non-hydrogen) atoms. The van der Waals surface area contributed by atoms with Crippen LogP contribution in [0.15, 0.2) is 53.2 Å². The molecule has 1 amide bonds. The van der Waals surface area contributed by atoms with Crippen LogP contribution in [0.4, 0.5) is 20.9 Å². The minimum Gasteiger partial charge on any atom is -0.398 e. The Balaban J connectivity index is 1.27. The van der Waals surface area contributed by atoms with Crippen LogP contribution in [0.1, 0.15) is 41.0 Å². The van der Waals surface area contributed by atoms with E-state index in [-0.39, 0.29) is 18.9 Å². The predicted molar refractivity (Wildman–Crippen MR) is 172 cm³/mol. The van der Waals surface area contributed by atoms with Gasteiger partial charge in [-0.05, 0) is 54.8 Å². The molecule has 2 aliphatic heterocycles. The summed E-state index contributed by atoms with van der Waals surface area (Å²) in [5.74, 6) is -0.379. The Kier molecular flexibility index (Phi) is 8.27. The van der Waals surface area contributed by atoms with E-state index in [2.05, 4.69) is 62.3 Å². The van der Waals surface area contributed by atoms with Gasteiger partial charge in [0, 0.05) is 73.0 Å². The third kappa shape index (κ3) is 5.92. The highest BCUT2D eigenvalue weighted by Gasteiger charge is 2.32. The molecule has 1 fully saturated rings. The summed E-state index contributed by atoms with van der Waals surface area (Å²) < 4.78 is 16.0. The molecule has 2 aromatic carbocycles. The van der Waals surface area contributed by atoms with Crippen molar-refractivity contribution in [3.05, 3.63) is 76.3 Å². The lowest BCUT2D eigenvalue weighted by Gasteiger charge is -2.35. The Bertz CT molecular complexity index is 1620. The van der Waals surface area contributed by atoms with Gasteiger partial charge < -0.3 is 20.1 Å². The molecule has 0 bridgehead atoms. The summed E-state index contributed by atoms with van der Waals surface area (Å²) in [6, 6.07) is 9.84. The van der Waals surface area contributed by atoms with Gasteiger partial charge in [-0.25, -0.2) is 14.4 Å². The molecule has 1 unspecified atom stereocenters. The molecule has 0 aliphatic carbocycles. The van der Waals surface area contributed by atoms with E-state index < -0.39 is 12.2 Å². The fourth-order valence-electron chi connectivity index (χ4n) is 6.00. The van der Waals surface area contributed by atoms with E-state index in [1.54, 1.807) is 28.7 Å². The van der Waals surface area contributed by atoms with Crippen molar-refractivity contribution in [1.82, 2.24) is 19.4 Å². The number of piperazine rings is 1. The molecule has 2 aromatic heterocycles. The van der Waals surface area contributed by atoms with Gasteiger partial charge in [0.05, 0.1) is 18.6 Å². The highest BCUT2D eigenvalue weighted by molar-refractivity contribution is 7.13. The summed E-state index contributed by atoms with van der Waals surface area (Å²) >= 11 is 1.32. The van der Waals surface area contributed by atoms with Crippen molar-refractivity contribution >= 4 is 40.0 Å². The number of aromatic nitrogens is 3. The van der Waals surface area contributed by atoms with Crippen LogP contribution < -0.4 is 16.0 Å². The number of aryl methyl sites for hydroxylation is 1. The first-order valence-corrected chi connectivity index (χ1v) is 15.6. The van der Waals surface area contributed by atoms with E-state index in [0.29, 0.717) is 22.2 Å². The van der Waals surface area contributed by atoms with Gasteiger partial charge in [0.25, 0.3) is 5.91 Å². The van der Waals surface area contributed by atoms with Crippen LogP contribution in [0, 0.1) is 13.8 Å². The maximum atomic E-state index is 14.2. The highest BCUT2D eigenvalue weighted by Crippen LogP contribution is 2.34. The molecule has 4 heterocycles. The third-order valence-electron chi connectivity index (χ3n) is 8.56. The number of nitrogens with zero attached hydrogens (tertiary/aromatic N) is 6. The monoisotopic (exact) mass is 600 g/mol. The van der Waals surface area contributed by atoms with E-state index in [4.69, 9.17) is 10.7 Å². The van der Waals surface area contributed by atoms with Crippen molar-refractivity contribution < 1.29 is 9.18 Å². The lowest BCUT2D eigenvalue weighted by molar-refractivity contribution is -0.117. The summed E-state index contributed by atoms with van der Waals surface area (Å²) in [7, 11) is 0. The van der Waals surface area contributed by atoms with Gasteiger partial charge in [-0.1, -0.05) is 25.1 Å². The number of nitrogen functional groups attached to an aromatic ring is 1. The Morgan fingerprint density at radius 2 is 1.98 bits per heavy atom. The molecule has 1 saturated heterocycles. The lowest BCUT2D eigenvalue weighted by Crippen LogP contribution is -2.46. The van der Waals surface area contributed by atoms with Crippen LogP contribution in [0.5, 0.6) is 0 Å². The molecular weight excluding hydrogens is 563 g/mol. The zero-order valence-electron chi connectivity index (χ0n) is 24.8. The molecule has 9 nitrogen and oxygen atoms in total. The summed E-state index contributed by atoms with van der Waals surface area (Å²) in [6.45, 7) is 11.8. The van der Waals surface area contributed by atoms with E-state index >= 15 is 0 Å². The highest BCUT2D eigenvalue weighted by atomic mass is 32.1. The number of imidazole rings is 1. The number of carbonyl (C=O) groups is 1. The first-order chi connectivity index (χ1) is 20.8. The summed E-state index contributed by atoms with van der Waals surface area (Å²) in [5, 5.41) is 5.08. The normalized spacial score (nSPS) is 17.9. The quantitative estimate of drug-likeness (QED) is 0.217. The number of alkyl halides is 1. The second-order valence-corrected chi connectivity index (χ2v) is 12.1. The van der Waals surface area contributed by atoms with Crippen molar-refractivity contribution in [2.75, 3.05) is 48.7 Å². The van der Waals surface area contributed by atoms with Crippen molar-refractivity contribution in [1.29, 1.82) is 0 Å². The maximum absolute atomic E-state index is 14.2. The Morgan fingerprint density at radius 3 is 2.67 bits per heavy atom. The Labute approximate surface area is 255 Å². The average Bonchev–Trinajstić information content (AvgIpc) is 3.75. The van der Waals surface area contributed by atoms with Gasteiger partial charge in [0.1, 0.15) is 6.17 Å². The van der Waals surface area contributed by atoms with E-state index in [0.717, 1.165) is 60.5 Å². The number of halogens is 1. The van der Waals surface area contributed by atoms with Gasteiger partial charge in [0.15, 0.2) is 11.2 Å². The van der Waals surface area contributed by atoms with Crippen molar-refractivity contribution in [3.63, 3.8) is 0 Å². The molecule has 2 atom stereocenters. The number of amides is 1. The van der Waals surface area contributed by atoms with Gasteiger partial charge in [-0.15, -0.1) is 11.3 Å². The molecular formula is C32H37FN8OS. The van der Waals surface area contributed by atoms with Gasteiger partial charge in [-0.3, -0.25) is 15.1 Å². The van der Waals surface area contributed by atoms with Gasteiger partial charge in [0.2, 0.25) is 0 Å². The number of fused-ring (bicyclic) bond motifs is 1. The van der Waals surface area contributed by atoms with E-state index in [1.807, 2.05) is 13.8 Å². The number of likely N-dealkylation sites (N-methyl/N-ethyl adjacent to an activating group) is 1. The molecule has 2 aliphatic rings. The predicted octanol–water partition coefficient (Wildman–Crippen LogP) is 5.04. The van der Waals surface area contributed by atoms with Crippen LogP contribution in [0.2, 0.25) is 0 Å². The molecule has 11 heteroatoms. The smallest absolute Gasteiger partial charge is 0.257 e.